The monoisotopic (exact) mass is 459 g/mol. The maximum atomic E-state index is 13.1. The number of thioether (sulfide) groups is 1. The molecule has 2 aromatic heterocycles. The summed E-state index contributed by atoms with van der Waals surface area (Å²) in [5.74, 6) is -0.308. The van der Waals surface area contributed by atoms with E-state index in [1.165, 1.54) is 65.4 Å². The lowest BCUT2D eigenvalue weighted by molar-refractivity contribution is 0.101. The Morgan fingerprint density at radius 3 is 2.45 bits per heavy atom. The topological polar surface area (TPSA) is 81.9 Å². The maximum absolute atomic E-state index is 13.1. The first-order valence-corrected chi connectivity index (χ1v) is 10.7. The largest absolute Gasteiger partial charge is 0.493 e. The molecule has 0 bridgehead atoms. The summed E-state index contributed by atoms with van der Waals surface area (Å²) in [5.41, 5.74) is 1.58. The molecule has 158 valence electrons. The number of carbonyl (C=O) groups excluding carboxylic acids is 1. The van der Waals surface area contributed by atoms with Gasteiger partial charge in [-0.1, -0.05) is 35.2 Å². The van der Waals surface area contributed by atoms with Crippen LogP contribution in [0.2, 0.25) is 0 Å². The lowest BCUT2D eigenvalue weighted by atomic mass is 10.2. The molecule has 0 aliphatic carbocycles. The van der Waals surface area contributed by atoms with Crippen molar-refractivity contribution in [2.75, 3.05) is 12.4 Å². The van der Waals surface area contributed by atoms with Gasteiger partial charge >= 0.3 is 0 Å². The molecule has 4 aromatic rings. The van der Waals surface area contributed by atoms with E-state index in [1.807, 2.05) is 0 Å². The van der Waals surface area contributed by atoms with Crippen LogP contribution < -0.4 is 10.1 Å². The van der Waals surface area contributed by atoms with Gasteiger partial charge in [0.2, 0.25) is 5.13 Å². The maximum Gasteiger partial charge on any atom is 0.281 e. The second-order valence-electron chi connectivity index (χ2n) is 6.21. The number of halogens is 2. The molecule has 0 saturated heterocycles. The van der Waals surface area contributed by atoms with Crippen LogP contribution in [0.25, 0.3) is 5.69 Å². The number of anilines is 1. The Bertz CT molecular complexity index is 1190. The Hall–Kier alpha value is -3.31. The summed E-state index contributed by atoms with van der Waals surface area (Å²) in [6.07, 6.45) is 1.53. The number of aromatic nitrogens is 4. The first-order valence-electron chi connectivity index (χ1n) is 8.93. The molecule has 0 aliphatic rings. The normalized spacial score (nSPS) is 10.8. The number of amides is 1. The van der Waals surface area contributed by atoms with Gasteiger partial charge < -0.3 is 4.74 Å². The van der Waals surface area contributed by atoms with Crippen LogP contribution in [0.15, 0.2) is 59.1 Å². The van der Waals surface area contributed by atoms with Gasteiger partial charge in [0.05, 0.1) is 19.0 Å². The van der Waals surface area contributed by atoms with E-state index in [0.717, 1.165) is 5.56 Å². The predicted molar refractivity (Wildman–Crippen MR) is 114 cm³/mol. The summed E-state index contributed by atoms with van der Waals surface area (Å²) >= 11 is 2.64. The van der Waals surface area contributed by atoms with Gasteiger partial charge in [0.15, 0.2) is 15.8 Å². The molecule has 0 atom stereocenters. The van der Waals surface area contributed by atoms with E-state index in [9.17, 15) is 13.6 Å². The first kappa shape index (κ1) is 20.9. The fourth-order valence-electron chi connectivity index (χ4n) is 2.59. The van der Waals surface area contributed by atoms with Crippen molar-refractivity contribution in [1.29, 1.82) is 0 Å². The van der Waals surface area contributed by atoms with E-state index in [1.54, 1.807) is 24.3 Å². The third kappa shape index (κ3) is 5.06. The van der Waals surface area contributed by atoms with Gasteiger partial charge in [-0.2, -0.15) is 5.10 Å². The van der Waals surface area contributed by atoms with E-state index < -0.39 is 5.91 Å². The van der Waals surface area contributed by atoms with E-state index in [4.69, 9.17) is 4.74 Å². The number of methoxy groups -OCH3 is 1. The number of nitrogens with zero attached hydrogens (tertiary/aromatic N) is 4. The van der Waals surface area contributed by atoms with Crippen molar-refractivity contribution in [3.05, 3.63) is 77.6 Å². The molecule has 31 heavy (non-hydrogen) atoms. The fourth-order valence-corrected chi connectivity index (χ4v) is 4.29. The van der Waals surface area contributed by atoms with Crippen molar-refractivity contribution in [2.24, 2.45) is 0 Å². The van der Waals surface area contributed by atoms with Crippen LogP contribution in [0.3, 0.4) is 0 Å². The Morgan fingerprint density at radius 2 is 1.77 bits per heavy atom. The van der Waals surface area contributed by atoms with Crippen molar-refractivity contribution >= 4 is 34.1 Å². The number of benzene rings is 2. The number of ether oxygens (including phenoxy) is 1. The molecular weight excluding hydrogens is 444 g/mol. The molecule has 11 heteroatoms. The lowest BCUT2D eigenvalue weighted by Gasteiger charge is -2.00. The van der Waals surface area contributed by atoms with E-state index >= 15 is 0 Å². The molecule has 1 N–H and O–H groups in total. The van der Waals surface area contributed by atoms with Crippen LogP contribution in [-0.2, 0) is 5.75 Å². The molecule has 0 radical (unpaired) electrons. The van der Waals surface area contributed by atoms with Crippen molar-refractivity contribution < 1.29 is 18.3 Å². The van der Waals surface area contributed by atoms with Crippen LogP contribution in [0.5, 0.6) is 5.75 Å². The number of nitrogens with one attached hydrogen (secondary N) is 1. The Kier molecular flexibility index (Phi) is 6.23. The summed E-state index contributed by atoms with van der Waals surface area (Å²) in [4.78, 5) is 12.7. The standard InChI is InChI=1S/C20H15F2N5O2S2/c1-29-16-10-27(15-8-6-14(22)7-9-15)26-17(16)18(28)23-19-24-25-20(31-19)30-11-12-2-4-13(21)5-3-12/h2-10H,11H2,1H3,(H,23,24,28). The minimum Gasteiger partial charge on any atom is -0.493 e. The van der Waals surface area contributed by atoms with Crippen LogP contribution in [-0.4, -0.2) is 33.0 Å². The zero-order chi connectivity index (χ0) is 21.8. The molecule has 2 heterocycles. The Balaban J connectivity index is 1.43. The van der Waals surface area contributed by atoms with Gasteiger partial charge in [0.1, 0.15) is 11.6 Å². The summed E-state index contributed by atoms with van der Waals surface area (Å²) in [6, 6.07) is 11.9. The highest BCUT2D eigenvalue weighted by molar-refractivity contribution is 8.00. The number of hydrogen-bond acceptors (Lipinski definition) is 7. The van der Waals surface area contributed by atoms with Gasteiger partial charge in [-0.3, -0.25) is 10.1 Å². The van der Waals surface area contributed by atoms with Crippen molar-refractivity contribution in [3.63, 3.8) is 0 Å². The molecule has 2 aromatic carbocycles. The van der Waals surface area contributed by atoms with Gasteiger partial charge in [-0.25, -0.2) is 13.5 Å². The second-order valence-corrected chi connectivity index (χ2v) is 8.41. The van der Waals surface area contributed by atoms with Crippen molar-refractivity contribution in [3.8, 4) is 11.4 Å². The Morgan fingerprint density at radius 1 is 1.10 bits per heavy atom. The molecule has 4 rings (SSSR count). The van der Waals surface area contributed by atoms with Crippen molar-refractivity contribution in [1.82, 2.24) is 20.0 Å². The van der Waals surface area contributed by atoms with Crippen LogP contribution in [0.4, 0.5) is 13.9 Å². The molecule has 0 saturated carbocycles. The number of hydrogen-bond donors (Lipinski definition) is 1. The average molecular weight is 460 g/mol. The van der Waals surface area contributed by atoms with E-state index in [2.05, 4.69) is 20.6 Å². The molecule has 0 aliphatic heterocycles. The van der Waals surface area contributed by atoms with Gasteiger partial charge in [0, 0.05) is 5.75 Å². The quantitative estimate of drug-likeness (QED) is 0.322. The minimum absolute atomic E-state index is 0.0579. The molecular formula is C20H15F2N5O2S2. The summed E-state index contributed by atoms with van der Waals surface area (Å²) in [7, 11) is 1.43. The first-order chi connectivity index (χ1) is 15.0. The summed E-state index contributed by atoms with van der Waals surface area (Å²) < 4.78 is 33.5. The average Bonchev–Trinajstić information content (AvgIpc) is 3.41. The molecule has 1 amide bonds. The number of carbonyl (C=O) groups is 1. The SMILES string of the molecule is COc1cn(-c2ccc(F)cc2)nc1C(=O)Nc1nnc(SCc2ccc(F)cc2)s1. The number of rotatable bonds is 7. The molecule has 0 unspecified atom stereocenters. The molecule has 7 nitrogen and oxygen atoms in total. The summed E-state index contributed by atoms with van der Waals surface area (Å²) in [5, 5.41) is 15.2. The van der Waals surface area contributed by atoms with Crippen LogP contribution in [0.1, 0.15) is 16.1 Å². The third-order valence-corrected chi connectivity index (χ3v) is 6.15. The zero-order valence-electron chi connectivity index (χ0n) is 16.1. The fraction of sp³-hybridized carbons (Fsp3) is 0.100. The van der Waals surface area contributed by atoms with E-state index in [-0.39, 0.29) is 23.1 Å². The van der Waals surface area contributed by atoms with Gasteiger partial charge in [-0.15, -0.1) is 10.2 Å². The smallest absolute Gasteiger partial charge is 0.281 e. The van der Waals surface area contributed by atoms with Crippen LogP contribution >= 0.6 is 23.1 Å². The minimum atomic E-state index is -0.510. The Labute approximate surface area is 184 Å². The second kappa shape index (κ2) is 9.23. The van der Waals surface area contributed by atoms with Gasteiger partial charge in [-0.05, 0) is 42.0 Å². The summed E-state index contributed by atoms with van der Waals surface area (Å²) in [6.45, 7) is 0. The highest BCUT2D eigenvalue weighted by Crippen LogP contribution is 2.29. The van der Waals surface area contributed by atoms with E-state index in [0.29, 0.717) is 20.9 Å². The predicted octanol–water partition coefficient (Wildman–Crippen LogP) is 4.56. The zero-order valence-corrected chi connectivity index (χ0v) is 17.7. The third-order valence-electron chi connectivity index (χ3n) is 4.11. The van der Waals surface area contributed by atoms with Crippen LogP contribution in [0, 0.1) is 11.6 Å². The molecule has 0 fully saturated rings. The highest BCUT2D eigenvalue weighted by Gasteiger charge is 2.20. The van der Waals surface area contributed by atoms with Gasteiger partial charge in [0.25, 0.3) is 5.91 Å². The lowest BCUT2D eigenvalue weighted by Crippen LogP contribution is -2.14. The highest BCUT2D eigenvalue weighted by atomic mass is 32.2. The molecule has 0 spiro atoms. The van der Waals surface area contributed by atoms with Crippen molar-refractivity contribution in [2.45, 2.75) is 10.1 Å².